The second kappa shape index (κ2) is 9.39. The van der Waals surface area contributed by atoms with E-state index in [0.717, 1.165) is 18.2 Å². The standard InChI is InChI=1S/C16H18F2N2O4/c1-2-24-15(22)5-3-4-13(16(19)23)20-14(21)8-10-6-11(17)9-12(18)7-10/h3,5-7,9,13H,2,4,8H2,1H3,(H2,19,23)(H,20,21)/b5-3+/t13-/m0/s1. The van der Waals surface area contributed by atoms with E-state index in [9.17, 15) is 23.2 Å². The molecule has 0 aromatic heterocycles. The van der Waals surface area contributed by atoms with E-state index in [4.69, 9.17) is 5.73 Å². The van der Waals surface area contributed by atoms with Crippen LogP contribution in [0.4, 0.5) is 8.78 Å². The lowest BCUT2D eigenvalue weighted by atomic mass is 10.1. The lowest BCUT2D eigenvalue weighted by Crippen LogP contribution is -2.44. The molecule has 0 radical (unpaired) electrons. The van der Waals surface area contributed by atoms with Gasteiger partial charge in [0.15, 0.2) is 0 Å². The Hall–Kier alpha value is -2.77. The van der Waals surface area contributed by atoms with Crippen molar-refractivity contribution in [2.75, 3.05) is 6.61 Å². The molecule has 0 aliphatic carbocycles. The molecule has 0 aliphatic heterocycles. The highest BCUT2D eigenvalue weighted by atomic mass is 19.1. The van der Waals surface area contributed by atoms with Crippen LogP contribution in [0.3, 0.4) is 0 Å². The Kier molecular flexibility index (Phi) is 7.54. The summed E-state index contributed by atoms with van der Waals surface area (Å²) in [6.07, 6.45) is 2.13. The van der Waals surface area contributed by atoms with Crippen molar-refractivity contribution in [1.82, 2.24) is 5.32 Å². The molecule has 1 rings (SSSR count). The summed E-state index contributed by atoms with van der Waals surface area (Å²) in [6, 6.07) is 1.67. The van der Waals surface area contributed by atoms with Crippen LogP contribution in [0.25, 0.3) is 0 Å². The molecule has 8 heteroatoms. The molecular weight excluding hydrogens is 322 g/mol. The Morgan fingerprint density at radius 3 is 2.42 bits per heavy atom. The van der Waals surface area contributed by atoms with Gasteiger partial charge >= 0.3 is 5.97 Å². The van der Waals surface area contributed by atoms with E-state index in [1.54, 1.807) is 6.92 Å². The average molecular weight is 340 g/mol. The Bertz CT molecular complexity index is 627. The zero-order valence-electron chi connectivity index (χ0n) is 13.1. The van der Waals surface area contributed by atoms with E-state index in [0.29, 0.717) is 6.07 Å². The number of nitrogens with two attached hydrogens (primary N) is 1. The van der Waals surface area contributed by atoms with Gasteiger partial charge in [-0.3, -0.25) is 9.59 Å². The van der Waals surface area contributed by atoms with Gasteiger partial charge in [-0.25, -0.2) is 13.6 Å². The number of carbonyl (C=O) groups is 3. The summed E-state index contributed by atoms with van der Waals surface area (Å²) in [6.45, 7) is 1.86. The second-order valence-electron chi connectivity index (χ2n) is 4.87. The van der Waals surface area contributed by atoms with Crippen LogP contribution in [0.2, 0.25) is 0 Å². The summed E-state index contributed by atoms with van der Waals surface area (Å²) in [7, 11) is 0. The third-order valence-corrected chi connectivity index (χ3v) is 2.88. The maximum atomic E-state index is 13.1. The van der Waals surface area contributed by atoms with Crippen molar-refractivity contribution < 1.29 is 27.9 Å². The zero-order chi connectivity index (χ0) is 18.1. The molecule has 1 aromatic rings. The predicted molar refractivity (Wildman–Crippen MR) is 81.6 cm³/mol. The molecular formula is C16H18F2N2O4. The molecule has 1 atom stereocenters. The third kappa shape index (κ3) is 6.99. The van der Waals surface area contributed by atoms with Crippen LogP contribution in [-0.2, 0) is 25.5 Å². The Labute approximate surface area is 137 Å². The summed E-state index contributed by atoms with van der Waals surface area (Å²) >= 11 is 0. The Balaban J connectivity index is 2.62. The van der Waals surface area contributed by atoms with Crippen molar-refractivity contribution in [2.24, 2.45) is 5.73 Å². The van der Waals surface area contributed by atoms with Gasteiger partial charge in [-0.05, 0) is 31.0 Å². The molecule has 2 amide bonds. The molecule has 0 bridgehead atoms. The number of ether oxygens (including phenoxy) is 1. The zero-order valence-corrected chi connectivity index (χ0v) is 13.1. The molecule has 130 valence electrons. The predicted octanol–water partition coefficient (Wildman–Crippen LogP) is 0.987. The SMILES string of the molecule is CCOC(=O)/C=C/C[C@H](NC(=O)Cc1cc(F)cc(F)c1)C(N)=O. The quantitative estimate of drug-likeness (QED) is 0.544. The number of nitrogens with one attached hydrogen (secondary N) is 1. The minimum absolute atomic E-state index is 0.0165. The fourth-order valence-corrected chi connectivity index (χ4v) is 1.88. The molecule has 0 saturated carbocycles. The molecule has 0 heterocycles. The van der Waals surface area contributed by atoms with Crippen LogP contribution in [0.1, 0.15) is 18.9 Å². The second-order valence-corrected chi connectivity index (χ2v) is 4.87. The normalized spacial score (nSPS) is 12.0. The highest BCUT2D eigenvalue weighted by molar-refractivity contribution is 5.88. The van der Waals surface area contributed by atoms with Gasteiger partial charge in [0.05, 0.1) is 13.0 Å². The van der Waals surface area contributed by atoms with Gasteiger partial charge in [-0.15, -0.1) is 0 Å². The van der Waals surface area contributed by atoms with E-state index in [2.05, 4.69) is 10.1 Å². The third-order valence-electron chi connectivity index (χ3n) is 2.88. The molecule has 1 aromatic carbocycles. The Morgan fingerprint density at radius 1 is 1.25 bits per heavy atom. The fraction of sp³-hybridized carbons (Fsp3) is 0.312. The Morgan fingerprint density at radius 2 is 1.88 bits per heavy atom. The number of amides is 2. The van der Waals surface area contributed by atoms with Gasteiger partial charge in [-0.2, -0.15) is 0 Å². The number of hydrogen-bond donors (Lipinski definition) is 2. The molecule has 3 N–H and O–H groups in total. The van der Waals surface area contributed by atoms with Crippen LogP contribution >= 0.6 is 0 Å². The van der Waals surface area contributed by atoms with Crippen molar-refractivity contribution in [3.63, 3.8) is 0 Å². The van der Waals surface area contributed by atoms with Crippen molar-refractivity contribution in [3.8, 4) is 0 Å². The maximum absolute atomic E-state index is 13.1. The van der Waals surface area contributed by atoms with Gasteiger partial charge in [0.2, 0.25) is 11.8 Å². The van der Waals surface area contributed by atoms with E-state index < -0.39 is 35.5 Å². The number of benzene rings is 1. The number of primary amides is 1. The fourth-order valence-electron chi connectivity index (χ4n) is 1.88. The first-order valence-electron chi connectivity index (χ1n) is 7.18. The summed E-state index contributed by atoms with van der Waals surface area (Å²) in [5.74, 6) is -3.62. The monoisotopic (exact) mass is 340 g/mol. The summed E-state index contributed by atoms with van der Waals surface area (Å²) in [4.78, 5) is 34.3. The summed E-state index contributed by atoms with van der Waals surface area (Å²) in [5.41, 5.74) is 5.30. The van der Waals surface area contributed by atoms with E-state index in [1.807, 2.05) is 0 Å². The van der Waals surface area contributed by atoms with E-state index in [-0.39, 0.29) is 25.0 Å². The minimum atomic E-state index is -1.05. The average Bonchev–Trinajstić information content (AvgIpc) is 2.45. The molecule has 0 fully saturated rings. The van der Waals surface area contributed by atoms with Crippen molar-refractivity contribution in [3.05, 3.63) is 47.5 Å². The minimum Gasteiger partial charge on any atom is -0.463 e. The number of rotatable bonds is 8. The lowest BCUT2D eigenvalue weighted by molar-refractivity contribution is -0.137. The van der Waals surface area contributed by atoms with Crippen molar-refractivity contribution >= 4 is 17.8 Å². The first kappa shape index (κ1) is 19.3. The summed E-state index contributed by atoms with van der Waals surface area (Å²) < 4.78 is 30.8. The van der Waals surface area contributed by atoms with Gasteiger partial charge in [0, 0.05) is 12.1 Å². The molecule has 0 unspecified atom stereocenters. The molecule has 0 spiro atoms. The number of esters is 1. The number of carbonyl (C=O) groups excluding carboxylic acids is 3. The van der Waals surface area contributed by atoms with Crippen LogP contribution in [0, 0.1) is 11.6 Å². The van der Waals surface area contributed by atoms with Crippen LogP contribution in [0.5, 0.6) is 0 Å². The highest BCUT2D eigenvalue weighted by Crippen LogP contribution is 2.09. The molecule has 0 saturated heterocycles. The maximum Gasteiger partial charge on any atom is 0.330 e. The molecule has 6 nitrogen and oxygen atoms in total. The first-order valence-corrected chi connectivity index (χ1v) is 7.18. The molecule has 24 heavy (non-hydrogen) atoms. The highest BCUT2D eigenvalue weighted by Gasteiger charge is 2.17. The lowest BCUT2D eigenvalue weighted by Gasteiger charge is -2.13. The van der Waals surface area contributed by atoms with Gasteiger partial charge in [0.25, 0.3) is 0 Å². The van der Waals surface area contributed by atoms with E-state index in [1.165, 1.54) is 6.08 Å². The van der Waals surface area contributed by atoms with Crippen LogP contribution < -0.4 is 11.1 Å². The largest absolute Gasteiger partial charge is 0.463 e. The summed E-state index contributed by atoms with van der Waals surface area (Å²) in [5, 5.41) is 2.35. The topological polar surface area (TPSA) is 98.5 Å². The van der Waals surface area contributed by atoms with Crippen LogP contribution in [0.15, 0.2) is 30.4 Å². The van der Waals surface area contributed by atoms with Gasteiger partial charge in [-0.1, -0.05) is 6.08 Å². The van der Waals surface area contributed by atoms with E-state index >= 15 is 0 Å². The number of hydrogen-bond acceptors (Lipinski definition) is 4. The van der Waals surface area contributed by atoms with Gasteiger partial charge in [0.1, 0.15) is 17.7 Å². The molecule has 0 aliphatic rings. The smallest absolute Gasteiger partial charge is 0.330 e. The van der Waals surface area contributed by atoms with Crippen molar-refractivity contribution in [1.29, 1.82) is 0 Å². The van der Waals surface area contributed by atoms with Gasteiger partial charge < -0.3 is 15.8 Å². The first-order chi connectivity index (χ1) is 11.3. The van der Waals surface area contributed by atoms with Crippen LogP contribution in [-0.4, -0.2) is 30.4 Å². The van der Waals surface area contributed by atoms with Crippen molar-refractivity contribution in [2.45, 2.75) is 25.8 Å². The number of halogens is 2.